The van der Waals surface area contributed by atoms with Crippen LogP contribution in [0.25, 0.3) is 0 Å². The Morgan fingerprint density at radius 2 is 1.78 bits per heavy atom. The van der Waals surface area contributed by atoms with Crippen LogP contribution < -0.4 is 10.6 Å². The van der Waals surface area contributed by atoms with Gasteiger partial charge in [-0.1, -0.05) is 36.4 Å². The van der Waals surface area contributed by atoms with Crippen LogP contribution in [-0.2, 0) is 6.54 Å². The summed E-state index contributed by atoms with van der Waals surface area (Å²) in [6.07, 6.45) is 0. The van der Waals surface area contributed by atoms with E-state index >= 15 is 0 Å². The van der Waals surface area contributed by atoms with Crippen LogP contribution in [0.2, 0.25) is 0 Å². The Bertz CT molecular complexity index is 506. The van der Waals surface area contributed by atoms with Crippen molar-refractivity contribution in [2.75, 3.05) is 17.2 Å². The Labute approximate surface area is 109 Å². The molecule has 0 aliphatic heterocycles. The first kappa shape index (κ1) is 12.5. The zero-order valence-electron chi connectivity index (χ0n) is 11.1. The van der Waals surface area contributed by atoms with Crippen molar-refractivity contribution in [1.82, 2.24) is 0 Å². The Balaban J connectivity index is 2.23. The molecule has 0 unspecified atom stereocenters. The standard InChI is InChI=1S/C16H20N2/c1-3-18(12-14-7-5-4-6-8-14)16-10-9-13(2)11-15(16)17/h4-11H,3,12,17H2,1-2H3. The van der Waals surface area contributed by atoms with Gasteiger partial charge >= 0.3 is 0 Å². The fraction of sp³-hybridized carbons (Fsp3) is 0.250. The average Bonchev–Trinajstić information content (AvgIpc) is 2.38. The van der Waals surface area contributed by atoms with Crippen molar-refractivity contribution in [3.05, 3.63) is 59.7 Å². The maximum absolute atomic E-state index is 6.11. The van der Waals surface area contributed by atoms with Gasteiger partial charge in [0.05, 0.1) is 11.4 Å². The van der Waals surface area contributed by atoms with Crippen LogP contribution in [0.4, 0.5) is 11.4 Å². The number of aryl methyl sites for hydroxylation is 1. The smallest absolute Gasteiger partial charge is 0.0603 e. The van der Waals surface area contributed by atoms with Crippen LogP contribution >= 0.6 is 0 Å². The summed E-state index contributed by atoms with van der Waals surface area (Å²) in [5.41, 5.74) is 10.6. The summed E-state index contributed by atoms with van der Waals surface area (Å²) >= 11 is 0. The largest absolute Gasteiger partial charge is 0.397 e. The molecule has 2 aromatic carbocycles. The molecule has 0 radical (unpaired) electrons. The fourth-order valence-electron chi connectivity index (χ4n) is 2.13. The Morgan fingerprint density at radius 3 is 2.39 bits per heavy atom. The molecule has 0 atom stereocenters. The van der Waals surface area contributed by atoms with E-state index < -0.39 is 0 Å². The molecule has 2 nitrogen and oxygen atoms in total. The summed E-state index contributed by atoms with van der Waals surface area (Å²) < 4.78 is 0. The molecule has 0 fully saturated rings. The van der Waals surface area contributed by atoms with Gasteiger partial charge in [-0.15, -0.1) is 0 Å². The number of rotatable bonds is 4. The normalized spacial score (nSPS) is 10.3. The lowest BCUT2D eigenvalue weighted by Crippen LogP contribution is -2.23. The molecule has 0 aromatic heterocycles. The van der Waals surface area contributed by atoms with E-state index in [1.54, 1.807) is 0 Å². The minimum Gasteiger partial charge on any atom is -0.397 e. The second-order valence-electron chi connectivity index (χ2n) is 4.56. The van der Waals surface area contributed by atoms with Gasteiger partial charge in [-0.2, -0.15) is 0 Å². The van der Waals surface area contributed by atoms with Crippen molar-refractivity contribution >= 4 is 11.4 Å². The van der Waals surface area contributed by atoms with E-state index in [0.29, 0.717) is 0 Å². The zero-order valence-corrected chi connectivity index (χ0v) is 11.1. The highest BCUT2D eigenvalue weighted by Crippen LogP contribution is 2.25. The molecule has 0 aliphatic rings. The highest BCUT2D eigenvalue weighted by Gasteiger charge is 2.08. The van der Waals surface area contributed by atoms with Crippen LogP contribution in [0.1, 0.15) is 18.1 Å². The summed E-state index contributed by atoms with van der Waals surface area (Å²) in [4.78, 5) is 2.30. The topological polar surface area (TPSA) is 29.3 Å². The molecule has 2 rings (SSSR count). The summed E-state index contributed by atoms with van der Waals surface area (Å²) in [6, 6.07) is 16.7. The van der Waals surface area contributed by atoms with Crippen LogP contribution in [0.15, 0.2) is 48.5 Å². The molecule has 0 saturated heterocycles. The van der Waals surface area contributed by atoms with Gasteiger partial charge in [-0.25, -0.2) is 0 Å². The summed E-state index contributed by atoms with van der Waals surface area (Å²) in [6.45, 7) is 6.06. The van der Waals surface area contributed by atoms with Crippen LogP contribution in [0.3, 0.4) is 0 Å². The molecule has 0 amide bonds. The quantitative estimate of drug-likeness (QED) is 0.827. The Morgan fingerprint density at radius 1 is 1.06 bits per heavy atom. The molecule has 0 heterocycles. The van der Waals surface area contributed by atoms with E-state index in [1.165, 1.54) is 11.1 Å². The van der Waals surface area contributed by atoms with E-state index in [4.69, 9.17) is 5.73 Å². The molecule has 2 aromatic rings. The summed E-state index contributed by atoms with van der Waals surface area (Å²) in [7, 11) is 0. The fourth-order valence-corrected chi connectivity index (χ4v) is 2.13. The van der Waals surface area contributed by atoms with E-state index in [9.17, 15) is 0 Å². The minimum absolute atomic E-state index is 0.854. The van der Waals surface area contributed by atoms with E-state index in [1.807, 2.05) is 12.1 Å². The van der Waals surface area contributed by atoms with Crippen LogP contribution in [0, 0.1) is 6.92 Å². The first-order valence-corrected chi connectivity index (χ1v) is 6.35. The Hall–Kier alpha value is -1.96. The molecular weight excluding hydrogens is 220 g/mol. The number of benzene rings is 2. The average molecular weight is 240 g/mol. The molecule has 2 heteroatoms. The summed E-state index contributed by atoms with van der Waals surface area (Å²) in [5.74, 6) is 0. The lowest BCUT2D eigenvalue weighted by Gasteiger charge is -2.25. The van der Waals surface area contributed by atoms with E-state index in [2.05, 4.69) is 55.1 Å². The zero-order chi connectivity index (χ0) is 13.0. The molecule has 0 aliphatic carbocycles. The van der Waals surface area contributed by atoms with Gasteiger partial charge in [0, 0.05) is 13.1 Å². The van der Waals surface area contributed by atoms with Gasteiger partial charge in [0.1, 0.15) is 0 Å². The van der Waals surface area contributed by atoms with Crippen molar-refractivity contribution < 1.29 is 0 Å². The molecule has 18 heavy (non-hydrogen) atoms. The number of anilines is 2. The minimum atomic E-state index is 0.854. The number of hydrogen-bond acceptors (Lipinski definition) is 2. The molecule has 2 N–H and O–H groups in total. The van der Waals surface area contributed by atoms with Crippen LogP contribution in [0.5, 0.6) is 0 Å². The van der Waals surface area contributed by atoms with Gasteiger partial charge in [-0.05, 0) is 37.1 Å². The van der Waals surface area contributed by atoms with Gasteiger partial charge in [-0.3, -0.25) is 0 Å². The van der Waals surface area contributed by atoms with Crippen molar-refractivity contribution in [1.29, 1.82) is 0 Å². The Kier molecular flexibility index (Phi) is 3.88. The molecule has 0 spiro atoms. The maximum Gasteiger partial charge on any atom is 0.0603 e. The molecule has 0 bridgehead atoms. The highest BCUT2D eigenvalue weighted by atomic mass is 15.1. The predicted octanol–water partition coefficient (Wildman–Crippen LogP) is 3.60. The number of nitrogens with zero attached hydrogens (tertiary/aromatic N) is 1. The number of nitrogens with two attached hydrogens (primary N) is 1. The first-order chi connectivity index (χ1) is 8.70. The van der Waals surface area contributed by atoms with Crippen molar-refractivity contribution in [3.63, 3.8) is 0 Å². The van der Waals surface area contributed by atoms with Gasteiger partial charge in [0.2, 0.25) is 0 Å². The maximum atomic E-state index is 6.11. The summed E-state index contributed by atoms with van der Waals surface area (Å²) in [5, 5.41) is 0. The lowest BCUT2D eigenvalue weighted by molar-refractivity contribution is 0.833. The molecule has 0 saturated carbocycles. The van der Waals surface area contributed by atoms with Crippen molar-refractivity contribution in [2.45, 2.75) is 20.4 Å². The highest BCUT2D eigenvalue weighted by molar-refractivity contribution is 5.68. The third-order valence-electron chi connectivity index (χ3n) is 3.12. The third-order valence-corrected chi connectivity index (χ3v) is 3.12. The molecule has 94 valence electrons. The monoisotopic (exact) mass is 240 g/mol. The van der Waals surface area contributed by atoms with Crippen LogP contribution in [-0.4, -0.2) is 6.54 Å². The van der Waals surface area contributed by atoms with E-state index in [0.717, 1.165) is 24.5 Å². The predicted molar refractivity (Wildman–Crippen MR) is 78.8 cm³/mol. The second kappa shape index (κ2) is 5.58. The SMILES string of the molecule is CCN(Cc1ccccc1)c1ccc(C)cc1N. The van der Waals surface area contributed by atoms with Crippen molar-refractivity contribution in [2.24, 2.45) is 0 Å². The van der Waals surface area contributed by atoms with E-state index in [-0.39, 0.29) is 0 Å². The second-order valence-corrected chi connectivity index (χ2v) is 4.56. The molecular formula is C16H20N2. The van der Waals surface area contributed by atoms with Gasteiger partial charge < -0.3 is 10.6 Å². The lowest BCUT2D eigenvalue weighted by atomic mass is 10.1. The van der Waals surface area contributed by atoms with Crippen molar-refractivity contribution in [3.8, 4) is 0 Å². The number of nitrogen functional groups attached to an aromatic ring is 1. The number of hydrogen-bond donors (Lipinski definition) is 1. The first-order valence-electron chi connectivity index (χ1n) is 6.35. The van der Waals surface area contributed by atoms with Gasteiger partial charge in [0.15, 0.2) is 0 Å². The van der Waals surface area contributed by atoms with Gasteiger partial charge in [0.25, 0.3) is 0 Å². The third kappa shape index (κ3) is 2.83.